The molecule has 0 spiro atoms. The van der Waals surface area contributed by atoms with Crippen LogP contribution in [0.2, 0.25) is 0 Å². The van der Waals surface area contributed by atoms with Crippen LogP contribution in [0.15, 0.2) is 36.7 Å². The average molecular weight is 382 g/mol. The number of aryl methyl sites for hydroxylation is 2. The van der Waals surface area contributed by atoms with Crippen molar-refractivity contribution in [1.82, 2.24) is 9.88 Å². The zero-order valence-corrected chi connectivity index (χ0v) is 16.5. The summed E-state index contributed by atoms with van der Waals surface area (Å²) >= 11 is 0. The van der Waals surface area contributed by atoms with E-state index in [9.17, 15) is 14.7 Å². The van der Waals surface area contributed by atoms with E-state index in [1.807, 2.05) is 45.0 Å². The molecule has 6 nitrogen and oxygen atoms in total. The van der Waals surface area contributed by atoms with Crippen molar-refractivity contribution in [2.45, 2.75) is 46.3 Å². The van der Waals surface area contributed by atoms with Gasteiger partial charge in [0.25, 0.3) is 5.91 Å². The van der Waals surface area contributed by atoms with Crippen molar-refractivity contribution in [3.05, 3.63) is 58.9 Å². The van der Waals surface area contributed by atoms with Gasteiger partial charge >= 0.3 is 5.97 Å². The summed E-state index contributed by atoms with van der Waals surface area (Å²) in [5.41, 5.74) is 3.31. The van der Waals surface area contributed by atoms with Crippen LogP contribution in [0.1, 0.15) is 46.8 Å². The number of carboxylic acid groups (broad SMARTS) is 1. The zero-order chi connectivity index (χ0) is 20.3. The summed E-state index contributed by atoms with van der Waals surface area (Å²) in [6.45, 7) is 6.48. The van der Waals surface area contributed by atoms with Gasteiger partial charge in [-0.25, -0.2) is 0 Å². The fourth-order valence-corrected chi connectivity index (χ4v) is 3.70. The Kier molecular flexibility index (Phi) is 5.97. The number of benzene rings is 1. The molecule has 1 saturated heterocycles. The molecule has 0 radical (unpaired) electrons. The molecule has 1 aromatic heterocycles. The third kappa shape index (κ3) is 4.32. The smallest absolute Gasteiger partial charge is 0.308 e. The maximum Gasteiger partial charge on any atom is 0.308 e. The summed E-state index contributed by atoms with van der Waals surface area (Å²) in [6.07, 6.45) is 4.79. The predicted octanol–water partition coefficient (Wildman–Crippen LogP) is 3.60. The molecule has 0 bridgehead atoms. The number of nitrogens with zero attached hydrogens (tertiary/aromatic N) is 2. The Balaban J connectivity index is 1.77. The molecule has 148 valence electrons. The minimum Gasteiger partial charge on any atom is -0.488 e. The molecule has 28 heavy (non-hydrogen) atoms. The lowest BCUT2D eigenvalue weighted by Crippen LogP contribution is -2.47. The van der Waals surface area contributed by atoms with Crippen molar-refractivity contribution in [2.75, 3.05) is 6.54 Å². The number of rotatable bonds is 5. The topological polar surface area (TPSA) is 79.7 Å². The van der Waals surface area contributed by atoms with Gasteiger partial charge in [-0.1, -0.05) is 6.07 Å². The largest absolute Gasteiger partial charge is 0.488 e. The van der Waals surface area contributed by atoms with Gasteiger partial charge in [0.2, 0.25) is 0 Å². The molecular weight excluding hydrogens is 356 g/mol. The number of hydrogen-bond donors (Lipinski definition) is 1. The van der Waals surface area contributed by atoms with Gasteiger partial charge in [-0.05, 0) is 62.9 Å². The number of carboxylic acids is 1. The summed E-state index contributed by atoms with van der Waals surface area (Å²) in [7, 11) is 0. The monoisotopic (exact) mass is 382 g/mol. The molecular formula is C22H26N2O4. The quantitative estimate of drug-likeness (QED) is 0.855. The highest BCUT2D eigenvalue weighted by Crippen LogP contribution is 2.29. The number of aromatic nitrogens is 1. The maximum absolute atomic E-state index is 13.1. The van der Waals surface area contributed by atoms with Crippen LogP contribution < -0.4 is 4.74 Å². The second-order valence-electron chi connectivity index (χ2n) is 7.51. The molecule has 1 N–H and O–H groups in total. The molecule has 3 rings (SSSR count). The van der Waals surface area contributed by atoms with Crippen molar-refractivity contribution in [3.63, 3.8) is 0 Å². The van der Waals surface area contributed by atoms with E-state index in [-0.39, 0.29) is 18.5 Å². The number of ether oxygens (including phenoxy) is 1. The number of hydrogen-bond acceptors (Lipinski definition) is 4. The van der Waals surface area contributed by atoms with Crippen LogP contribution in [0, 0.1) is 19.8 Å². The number of aliphatic carboxylic acids is 1. The Labute approximate surface area is 165 Å². The molecule has 2 atom stereocenters. The van der Waals surface area contributed by atoms with E-state index in [2.05, 4.69) is 4.98 Å². The van der Waals surface area contributed by atoms with Gasteiger partial charge in [0.1, 0.15) is 12.4 Å². The van der Waals surface area contributed by atoms with Gasteiger partial charge in [0, 0.05) is 36.1 Å². The molecule has 0 saturated carbocycles. The number of piperidine rings is 1. The molecule has 1 aromatic carbocycles. The molecule has 2 heterocycles. The van der Waals surface area contributed by atoms with Gasteiger partial charge in [0.15, 0.2) is 0 Å². The van der Waals surface area contributed by atoms with Crippen LogP contribution >= 0.6 is 0 Å². The van der Waals surface area contributed by atoms with Crippen molar-refractivity contribution < 1.29 is 19.4 Å². The van der Waals surface area contributed by atoms with E-state index in [0.29, 0.717) is 25.0 Å². The first-order valence-electron chi connectivity index (χ1n) is 9.53. The Morgan fingerprint density at radius 3 is 2.57 bits per heavy atom. The lowest BCUT2D eigenvalue weighted by molar-refractivity contribution is -0.143. The Bertz CT molecular complexity index is 843. The Hall–Kier alpha value is -2.89. The zero-order valence-electron chi connectivity index (χ0n) is 16.5. The summed E-state index contributed by atoms with van der Waals surface area (Å²) in [5, 5.41) is 9.31. The second-order valence-corrected chi connectivity index (χ2v) is 7.51. The van der Waals surface area contributed by atoms with Crippen LogP contribution in [0.3, 0.4) is 0 Å². The highest BCUT2D eigenvalue weighted by Gasteiger charge is 2.33. The van der Waals surface area contributed by atoms with E-state index in [4.69, 9.17) is 4.74 Å². The normalized spacial score (nSPS) is 19.3. The van der Waals surface area contributed by atoms with Gasteiger partial charge in [-0.3, -0.25) is 14.6 Å². The van der Waals surface area contributed by atoms with Crippen LogP contribution in [0.5, 0.6) is 5.75 Å². The van der Waals surface area contributed by atoms with Crippen molar-refractivity contribution in [1.29, 1.82) is 0 Å². The first kappa shape index (κ1) is 19.9. The van der Waals surface area contributed by atoms with Gasteiger partial charge in [-0.2, -0.15) is 0 Å². The average Bonchev–Trinajstić information content (AvgIpc) is 2.67. The predicted molar refractivity (Wildman–Crippen MR) is 105 cm³/mol. The summed E-state index contributed by atoms with van der Waals surface area (Å²) in [6, 6.07) is 7.50. The summed E-state index contributed by atoms with van der Waals surface area (Å²) < 4.78 is 5.96. The van der Waals surface area contributed by atoms with Crippen LogP contribution in [0.25, 0.3) is 0 Å². The summed E-state index contributed by atoms with van der Waals surface area (Å²) in [4.78, 5) is 30.2. The first-order valence-corrected chi connectivity index (χ1v) is 9.53. The molecule has 2 unspecified atom stereocenters. The first-order chi connectivity index (χ1) is 13.4. The molecule has 2 aromatic rings. The standard InChI is InChI=1S/C22H26N2O4/c1-14-9-19(21(25)24-12-18(22(26)27)7-6-16(24)3)10-15(2)20(14)28-13-17-5-4-8-23-11-17/h4-5,8-11,16,18H,6-7,12-13H2,1-3H3,(H,26,27). The fourth-order valence-electron chi connectivity index (χ4n) is 3.70. The van der Waals surface area contributed by atoms with Crippen LogP contribution in [-0.2, 0) is 11.4 Å². The van der Waals surface area contributed by atoms with Crippen LogP contribution in [-0.4, -0.2) is 39.5 Å². The Morgan fingerprint density at radius 2 is 1.96 bits per heavy atom. The van der Waals surface area contributed by atoms with Crippen molar-refractivity contribution in [2.24, 2.45) is 5.92 Å². The molecule has 1 amide bonds. The number of pyridine rings is 1. The molecule has 0 aliphatic carbocycles. The van der Waals surface area contributed by atoms with E-state index in [1.165, 1.54) is 0 Å². The number of likely N-dealkylation sites (tertiary alicyclic amines) is 1. The second kappa shape index (κ2) is 8.42. The minimum absolute atomic E-state index is 0.0326. The van der Waals surface area contributed by atoms with Crippen molar-refractivity contribution >= 4 is 11.9 Å². The fraction of sp³-hybridized carbons (Fsp3) is 0.409. The van der Waals surface area contributed by atoms with Gasteiger partial charge < -0.3 is 14.7 Å². The summed E-state index contributed by atoms with van der Waals surface area (Å²) in [5.74, 6) is -0.695. The third-order valence-corrected chi connectivity index (χ3v) is 5.31. The lowest BCUT2D eigenvalue weighted by atomic mass is 9.92. The van der Waals surface area contributed by atoms with E-state index in [1.54, 1.807) is 17.3 Å². The van der Waals surface area contributed by atoms with Crippen molar-refractivity contribution in [3.8, 4) is 5.75 Å². The van der Waals surface area contributed by atoms with Gasteiger partial charge in [0.05, 0.1) is 5.92 Å². The van der Waals surface area contributed by atoms with E-state index >= 15 is 0 Å². The molecule has 6 heteroatoms. The van der Waals surface area contributed by atoms with Gasteiger partial charge in [-0.15, -0.1) is 0 Å². The van der Waals surface area contributed by atoms with Crippen LogP contribution in [0.4, 0.5) is 0 Å². The molecule has 1 fully saturated rings. The van der Waals surface area contributed by atoms with E-state index < -0.39 is 11.9 Å². The third-order valence-electron chi connectivity index (χ3n) is 5.31. The highest BCUT2D eigenvalue weighted by atomic mass is 16.5. The lowest BCUT2D eigenvalue weighted by Gasteiger charge is -2.36. The minimum atomic E-state index is -0.837. The molecule has 1 aliphatic rings. The Morgan fingerprint density at radius 1 is 1.25 bits per heavy atom. The number of carbonyl (C=O) groups excluding carboxylic acids is 1. The highest BCUT2D eigenvalue weighted by molar-refractivity contribution is 5.95. The molecule has 1 aliphatic heterocycles. The number of amides is 1. The van der Waals surface area contributed by atoms with E-state index in [0.717, 1.165) is 22.4 Å². The maximum atomic E-state index is 13.1. The SMILES string of the molecule is Cc1cc(C(=O)N2CC(C(=O)O)CCC2C)cc(C)c1OCc1cccnc1. The number of carbonyl (C=O) groups is 2.